The fourth-order valence-electron chi connectivity index (χ4n) is 4.38. The minimum absolute atomic E-state index is 0.741. The maximum Gasteiger partial charge on any atom is 0.143 e. The second-order valence-electron chi connectivity index (χ2n) is 7.50. The van der Waals surface area contributed by atoms with E-state index in [2.05, 4.69) is 84.9 Å². The quantitative estimate of drug-likeness (QED) is 0.281. The summed E-state index contributed by atoms with van der Waals surface area (Å²) in [6.07, 6.45) is 0. The van der Waals surface area contributed by atoms with Gasteiger partial charge in [0, 0.05) is 26.7 Å². The van der Waals surface area contributed by atoms with E-state index < -0.39 is 0 Å². The van der Waals surface area contributed by atoms with Crippen LogP contribution in [-0.2, 0) is 0 Å². The lowest BCUT2D eigenvalue weighted by Gasteiger charge is -2.09. The van der Waals surface area contributed by atoms with Gasteiger partial charge in [0.2, 0.25) is 0 Å². The van der Waals surface area contributed by atoms with E-state index in [0.717, 1.165) is 43.7 Å². The fraction of sp³-hybridized carbons (Fsp3) is 0. The van der Waals surface area contributed by atoms with Crippen molar-refractivity contribution in [2.24, 2.45) is 0 Å². The fourth-order valence-corrected chi connectivity index (χ4v) is 4.51. The average molecular weight is 405 g/mol. The third-order valence-electron chi connectivity index (χ3n) is 5.74. The van der Waals surface area contributed by atoms with Gasteiger partial charge in [0.15, 0.2) is 0 Å². The van der Waals surface area contributed by atoms with Gasteiger partial charge >= 0.3 is 0 Å². The van der Waals surface area contributed by atoms with Gasteiger partial charge in [0.1, 0.15) is 11.2 Å². The molecule has 6 aromatic rings. The number of halogens is 1. The minimum atomic E-state index is 0.741. The first-order valence-electron chi connectivity index (χ1n) is 9.98. The van der Waals surface area contributed by atoms with Crippen LogP contribution in [0.5, 0.6) is 0 Å². The summed E-state index contributed by atoms with van der Waals surface area (Å²) in [7, 11) is 0. The van der Waals surface area contributed by atoms with E-state index in [-0.39, 0.29) is 0 Å². The highest BCUT2D eigenvalue weighted by Gasteiger charge is 2.16. The second-order valence-corrected chi connectivity index (χ2v) is 7.94. The number of benzene rings is 5. The maximum atomic E-state index is 6.43. The van der Waals surface area contributed by atoms with Crippen LogP contribution >= 0.6 is 11.6 Å². The Kier molecular flexibility index (Phi) is 3.90. The molecule has 30 heavy (non-hydrogen) atoms. The van der Waals surface area contributed by atoms with Gasteiger partial charge in [0.25, 0.3) is 0 Å². The monoisotopic (exact) mass is 404 g/mol. The Labute approximate surface area is 179 Å². The first-order chi connectivity index (χ1) is 14.8. The number of hydrogen-bond acceptors (Lipinski definition) is 1. The molecule has 0 saturated heterocycles. The zero-order chi connectivity index (χ0) is 20.1. The maximum absolute atomic E-state index is 6.43. The number of para-hydroxylation sites is 1. The molecule has 1 nitrogen and oxygen atoms in total. The molecule has 6 rings (SSSR count). The number of fused-ring (bicyclic) bond motifs is 5. The van der Waals surface area contributed by atoms with Crippen LogP contribution in [0.3, 0.4) is 0 Å². The van der Waals surface area contributed by atoms with Crippen molar-refractivity contribution in [1.29, 1.82) is 0 Å². The zero-order valence-electron chi connectivity index (χ0n) is 16.1. The van der Waals surface area contributed by atoms with Crippen molar-refractivity contribution in [3.05, 3.63) is 108 Å². The van der Waals surface area contributed by atoms with Gasteiger partial charge in [-0.1, -0.05) is 96.5 Å². The molecule has 0 spiro atoms. The molecular weight excluding hydrogens is 388 g/mol. The SMILES string of the molecule is Clc1ccc(-c2cccc3ccc4oc5c(-c6ccccc6)cccc5c4c23)cc1. The van der Waals surface area contributed by atoms with Crippen molar-refractivity contribution in [2.75, 3.05) is 0 Å². The van der Waals surface area contributed by atoms with E-state index in [1.807, 2.05) is 18.2 Å². The molecular formula is C28H17ClO. The lowest BCUT2D eigenvalue weighted by molar-refractivity contribution is 0.670. The summed E-state index contributed by atoms with van der Waals surface area (Å²) >= 11 is 6.13. The van der Waals surface area contributed by atoms with Crippen LogP contribution in [0.2, 0.25) is 5.02 Å². The van der Waals surface area contributed by atoms with Crippen molar-refractivity contribution in [1.82, 2.24) is 0 Å². The van der Waals surface area contributed by atoms with E-state index in [9.17, 15) is 0 Å². The summed E-state index contributed by atoms with van der Waals surface area (Å²) in [6, 6.07) is 35.5. The summed E-state index contributed by atoms with van der Waals surface area (Å²) in [4.78, 5) is 0. The summed E-state index contributed by atoms with van der Waals surface area (Å²) in [5.41, 5.74) is 6.43. The van der Waals surface area contributed by atoms with E-state index in [4.69, 9.17) is 16.0 Å². The molecule has 0 N–H and O–H groups in total. The topological polar surface area (TPSA) is 13.1 Å². The Bertz CT molecular complexity index is 1530. The van der Waals surface area contributed by atoms with Crippen LogP contribution < -0.4 is 0 Å². The standard InChI is InChI=1S/C28H17ClO/c29-21-15-12-19(13-16-21)22-9-4-8-20-14-17-25-27(26(20)22)24-11-5-10-23(28(24)30-25)18-6-2-1-3-7-18/h1-17H. The third kappa shape index (κ3) is 2.63. The van der Waals surface area contributed by atoms with E-state index in [0.29, 0.717) is 0 Å². The number of furan rings is 1. The molecule has 0 unspecified atom stereocenters. The molecule has 0 bridgehead atoms. The Balaban J connectivity index is 1.74. The Morgan fingerprint density at radius 1 is 0.533 bits per heavy atom. The summed E-state index contributed by atoms with van der Waals surface area (Å²) in [5, 5.41) is 5.44. The molecule has 142 valence electrons. The molecule has 0 aliphatic heterocycles. The van der Waals surface area contributed by atoms with E-state index in [1.54, 1.807) is 0 Å². The summed E-state index contributed by atoms with van der Waals surface area (Å²) < 4.78 is 6.43. The van der Waals surface area contributed by atoms with E-state index >= 15 is 0 Å². The highest BCUT2D eigenvalue weighted by Crippen LogP contribution is 2.42. The summed E-state index contributed by atoms with van der Waals surface area (Å²) in [6.45, 7) is 0. The smallest absolute Gasteiger partial charge is 0.143 e. The minimum Gasteiger partial charge on any atom is -0.455 e. The zero-order valence-corrected chi connectivity index (χ0v) is 16.9. The van der Waals surface area contributed by atoms with Crippen LogP contribution in [0.25, 0.3) is 55.0 Å². The van der Waals surface area contributed by atoms with E-state index in [1.165, 1.54) is 16.3 Å². The molecule has 0 atom stereocenters. The number of hydrogen-bond donors (Lipinski definition) is 0. The highest BCUT2D eigenvalue weighted by molar-refractivity contribution is 6.30. The molecule has 1 heterocycles. The molecule has 0 saturated carbocycles. The third-order valence-corrected chi connectivity index (χ3v) is 6.00. The van der Waals surface area contributed by atoms with Crippen LogP contribution in [0, 0.1) is 0 Å². The van der Waals surface area contributed by atoms with Crippen molar-refractivity contribution < 1.29 is 4.42 Å². The van der Waals surface area contributed by atoms with Crippen molar-refractivity contribution in [3.63, 3.8) is 0 Å². The van der Waals surface area contributed by atoms with Crippen LogP contribution in [0.4, 0.5) is 0 Å². The van der Waals surface area contributed by atoms with Crippen molar-refractivity contribution in [2.45, 2.75) is 0 Å². The summed E-state index contributed by atoms with van der Waals surface area (Å²) in [5.74, 6) is 0. The molecule has 0 amide bonds. The Morgan fingerprint density at radius 3 is 2.10 bits per heavy atom. The molecule has 0 aliphatic rings. The Hall–Kier alpha value is -3.55. The van der Waals surface area contributed by atoms with Crippen LogP contribution in [0.1, 0.15) is 0 Å². The van der Waals surface area contributed by atoms with Gasteiger partial charge < -0.3 is 4.42 Å². The lowest BCUT2D eigenvalue weighted by atomic mass is 9.94. The lowest BCUT2D eigenvalue weighted by Crippen LogP contribution is -1.83. The largest absolute Gasteiger partial charge is 0.455 e. The Morgan fingerprint density at radius 2 is 1.27 bits per heavy atom. The van der Waals surface area contributed by atoms with Crippen LogP contribution in [0.15, 0.2) is 108 Å². The first-order valence-corrected chi connectivity index (χ1v) is 10.4. The molecule has 1 aromatic heterocycles. The highest BCUT2D eigenvalue weighted by atomic mass is 35.5. The molecule has 0 aliphatic carbocycles. The van der Waals surface area contributed by atoms with Crippen LogP contribution in [-0.4, -0.2) is 0 Å². The average Bonchev–Trinajstić information content (AvgIpc) is 3.19. The molecule has 2 heteroatoms. The van der Waals surface area contributed by atoms with Gasteiger partial charge in [-0.2, -0.15) is 0 Å². The van der Waals surface area contributed by atoms with Gasteiger partial charge in [-0.25, -0.2) is 0 Å². The van der Waals surface area contributed by atoms with Gasteiger partial charge in [-0.05, 0) is 40.3 Å². The van der Waals surface area contributed by atoms with Crippen molar-refractivity contribution >= 4 is 44.3 Å². The molecule has 5 aromatic carbocycles. The predicted molar refractivity (Wildman–Crippen MR) is 127 cm³/mol. The second kappa shape index (κ2) is 6.76. The van der Waals surface area contributed by atoms with Gasteiger partial charge in [-0.3, -0.25) is 0 Å². The van der Waals surface area contributed by atoms with Gasteiger partial charge in [0.05, 0.1) is 0 Å². The van der Waals surface area contributed by atoms with Crippen molar-refractivity contribution in [3.8, 4) is 22.3 Å². The molecule has 0 fully saturated rings. The first kappa shape index (κ1) is 17.3. The normalized spacial score (nSPS) is 11.5. The predicted octanol–water partition coefficient (Wildman–Crippen LogP) is 8.73. The number of rotatable bonds is 2. The molecule has 0 radical (unpaired) electrons. The van der Waals surface area contributed by atoms with Gasteiger partial charge in [-0.15, -0.1) is 0 Å².